The molecule has 0 aromatic heterocycles. The van der Waals surface area contributed by atoms with E-state index in [9.17, 15) is 0 Å². The van der Waals surface area contributed by atoms with Crippen molar-refractivity contribution < 1.29 is 0 Å². The number of hydrogen-bond acceptors (Lipinski definition) is 4. The van der Waals surface area contributed by atoms with Gasteiger partial charge in [-0.25, -0.2) is 0 Å². The molecule has 2 aliphatic rings. The van der Waals surface area contributed by atoms with E-state index >= 15 is 0 Å². The smallest absolute Gasteiger partial charge is 0.191 e. The lowest BCUT2D eigenvalue weighted by Crippen LogP contribution is -2.54. The van der Waals surface area contributed by atoms with Gasteiger partial charge < -0.3 is 15.5 Å². The Morgan fingerprint density at radius 2 is 1.84 bits per heavy atom. The summed E-state index contributed by atoms with van der Waals surface area (Å²) < 4.78 is 0. The van der Waals surface area contributed by atoms with Crippen molar-refractivity contribution in [3.8, 4) is 0 Å². The fourth-order valence-corrected chi connectivity index (χ4v) is 3.07. The molecular weight excluding hydrogens is 351 g/mol. The molecular formula is C14H29IN4. The molecule has 0 aromatic carbocycles. The first-order chi connectivity index (χ1) is 8.73. The van der Waals surface area contributed by atoms with Crippen molar-refractivity contribution in [2.75, 3.05) is 33.7 Å². The summed E-state index contributed by atoms with van der Waals surface area (Å²) in [7, 11) is 4.45. The standard InChI is InChI=1S/C14H28N4.HI/c1-18(2)14(8-5-3-4-6-9-14)12-17-13-15-10-7-11-16-13;/h3-12H2,1-2H3,(H2,15,16,17);1H. The van der Waals surface area contributed by atoms with E-state index in [4.69, 9.17) is 0 Å². The molecule has 2 N–H and O–H groups in total. The van der Waals surface area contributed by atoms with E-state index in [1.807, 2.05) is 0 Å². The number of hydrogen-bond donors (Lipinski definition) is 2. The van der Waals surface area contributed by atoms with Crippen LogP contribution in [0.3, 0.4) is 0 Å². The Kier molecular flexibility index (Phi) is 7.42. The van der Waals surface area contributed by atoms with Crippen LogP contribution in [-0.4, -0.2) is 50.1 Å². The van der Waals surface area contributed by atoms with Gasteiger partial charge in [-0.3, -0.25) is 4.99 Å². The van der Waals surface area contributed by atoms with Gasteiger partial charge in [0.2, 0.25) is 0 Å². The van der Waals surface area contributed by atoms with Crippen molar-refractivity contribution in [2.45, 2.75) is 50.5 Å². The molecule has 4 nitrogen and oxygen atoms in total. The minimum Gasteiger partial charge on any atom is -0.356 e. The van der Waals surface area contributed by atoms with E-state index in [-0.39, 0.29) is 24.0 Å². The summed E-state index contributed by atoms with van der Waals surface area (Å²) in [4.78, 5) is 6.93. The van der Waals surface area contributed by atoms with Crippen molar-refractivity contribution >= 4 is 29.9 Å². The lowest BCUT2D eigenvalue weighted by molar-refractivity contribution is 0.132. The van der Waals surface area contributed by atoms with Crippen LogP contribution in [0.25, 0.3) is 0 Å². The van der Waals surface area contributed by atoms with Gasteiger partial charge in [-0.15, -0.1) is 24.0 Å². The van der Waals surface area contributed by atoms with Gasteiger partial charge >= 0.3 is 0 Å². The average Bonchev–Trinajstić information content (AvgIpc) is 2.64. The molecule has 0 amide bonds. The molecule has 1 heterocycles. The third-order valence-electron chi connectivity index (χ3n) is 4.47. The predicted molar refractivity (Wildman–Crippen MR) is 92.5 cm³/mol. The van der Waals surface area contributed by atoms with Crippen LogP contribution in [0.5, 0.6) is 0 Å². The van der Waals surface area contributed by atoms with Crippen LogP contribution in [0.4, 0.5) is 0 Å². The maximum Gasteiger partial charge on any atom is 0.191 e. The fraction of sp³-hybridized carbons (Fsp3) is 0.929. The Morgan fingerprint density at radius 3 is 2.37 bits per heavy atom. The number of nitrogens with zero attached hydrogens (tertiary/aromatic N) is 2. The van der Waals surface area contributed by atoms with Crippen molar-refractivity contribution in [2.24, 2.45) is 4.99 Å². The monoisotopic (exact) mass is 380 g/mol. The molecule has 0 unspecified atom stereocenters. The third kappa shape index (κ3) is 4.77. The van der Waals surface area contributed by atoms with Gasteiger partial charge in [0.15, 0.2) is 5.96 Å². The number of halogens is 1. The Hall–Kier alpha value is -0.0400. The summed E-state index contributed by atoms with van der Waals surface area (Å²) in [5.74, 6) is 1.01. The maximum atomic E-state index is 4.50. The van der Waals surface area contributed by atoms with Crippen LogP contribution in [0.2, 0.25) is 0 Å². The highest BCUT2D eigenvalue weighted by Crippen LogP contribution is 2.30. The molecule has 1 saturated carbocycles. The number of nitrogens with one attached hydrogen (secondary N) is 2. The van der Waals surface area contributed by atoms with Crippen molar-refractivity contribution in [1.29, 1.82) is 0 Å². The summed E-state index contributed by atoms with van der Waals surface area (Å²) in [5, 5.41) is 6.89. The third-order valence-corrected chi connectivity index (χ3v) is 4.47. The SMILES string of the molecule is CN(C)C1(CNC2=NCCCN2)CCCCCC1.I. The quantitative estimate of drug-likeness (QED) is 0.583. The zero-order valence-corrected chi connectivity index (χ0v) is 14.7. The molecule has 0 aromatic rings. The summed E-state index contributed by atoms with van der Waals surface area (Å²) in [5.41, 5.74) is 0.318. The molecule has 0 radical (unpaired) electrons. The molecule has 0 spiro atoms. The van der Waals surface area contributed by atoms with Gasteiger partial charge in [-0.05, 0) is 33.4 Å². The summed E-state index contributed by atoms with van der Waals surface area (Å²) in [6.45, 7) is 3.04. The van der Waals surface area contributed by atoms with Crippen LogP contribution in [0.15, 0.2) is 4.99 Å². The minimum absolute atomic E-state index is 0. The summed E-state index contributed by atoms with van der Waals surface area (Å²) in [6.07, 6.45) is 9.29. The average molecular weight is 380 g/mol. The van der Waals surface area contributed by atoms with Crippen molar-refractivity contribution in [3.63, 3.8) is 0 Å². The van der Waals surface area contributed by atoms with E-state index in [1.54, 1.807) is 0 Å². The van der Waals surface area contributed by atoms with Crippen LogP contribution in [0, 0.1) is 0 Å². The van der Waals surface area contributed by atoms with Crippen LogP contribution in [-0.2, 0) is 0 Å². The molecule has 1 aliphatic carbocycles. The molecule has 19 heavy (non-hydrogen) atoms. The molecule has 5 heteroatoms. The molecule has 2 rings (SSSR count). The number of rotatable bonds is 3. The lowest BCUT2D eigenvalue weighted by Gasteiger charge is -2.40. The van der Waals surface area contributed by atoms with E-state index < -0.39 is 0 Å². The first kappa shape index (κ1) is 17.0. The Morgan fingerprint density at radius 1 is 1.16 bits per heavy atom. The van der Waals surface area contributed by atoms with Crippen LogP contribution < -0.4 is 10.6 Å². The number of likely N-dealkylation sites (N-methyl/N-ethyl adjacent to an activating group) is 1. The highest BCUT2D eigenvalue weighted by Gasteiger charge is 2.33. The molecule has 0 atom stereocenters. The lowest BCUT2D eigenvalue weighted by atomic mass is 9.89. The zero-order chi connectivity index (χ0) is 12.8. The number of guanidine groups is 1. The Labute approximate surface area is 134 Å². The minimum atomic E-state index is 0. The first-order valence-corrected chi connectivity index (χ1v) is 7.43. The second-order valence-corrected chi connectivity index (χ2v) is 5.90. The molecule has 1 fully saturated rings. The second-order valence-electron chi connectivity index (χ2n) is 5.90. The van der Waals surface area contributed by atoms with Gasteiger partial charge in [-0.1, -0.05) is 25.7 Å². The van der Waals surface area contributed by atoms with Gasteiger partial charge in [0.1, 0.15) is 0 Å². The van der Waals surface area contributed by atoms with Crippen molar-refractivity contribution in [1.82, 2.24) is 15.5 Å². The van der Waals surface area contributed by atoms with Gasteiger partial charge in [0.25, 0.3) is 0 Å². The zero-order valence-electron chi connectivity index (χ0n) is 12.4. The fourth-order valence-electron chi connectivity index (χ4n) is 3.07. The van der Waals surface area contributed by atoms with Crippen LogP contribution in [0.1, 0.15) is 44.9 Å². The van der Waals surface area contributed by atoms with E-state index in [0.717, 1.165) is 32.0 Å². The topological polar surface area (TPSA) is 39.7 Å². The largest absolute Gasteiger partial charge is 0.356 e. The maximum absolute atomic E-state index is 4.50. The predicted octanol–water partition coefficient (Wildman–Crippen LogP) is 2.20. The van der Waals surface area contributed by atoms with E-state index in [1.165, 1.54) is 38.5 Å². The van der Waals surface area contributed by atoms with Gasteiger partial charge in [0, 0.05) is 25.2 Å². The molecule has 0 saturated heterocycles. The van der Waals surface area contributed by atoms with Gasteiger partial charge in [-0.2, -0.15) is 0 Å². The highest BCUT2D eigenvalue weighted by atomic mass is 127. The Balaban J connectivity index is 0.00000180. The molecule has 1 aliphatic heterocycles. The van der Waals surface area contributed by atoms with Gasteiger partial charge in [0.05, 0.1) is 0 Å². The Bertz CT molecular complexity index is 283. The molecule has 0 bridgehead atoms. The van der Waals surface area contributed by atoms with Crippen LogP contribution >= 0.6 is 24.0 Å². The summed E-state index contributed by atoms with van der Waals surface area (Å²) in [6, 6.07) is 0. The summed E-state index contributed by atoms with van der Waals surface area (Å²) >= 11 is 0. The second kappa shape index (κ2) is 8.29. The van der Waals surface area contributed by atoms with Crippen molar-refractivity contribution in [3.05, 3.63) is 0 Å². The first-order valence-electron chi connectivity index (χ1n) is 7.43. The molecule has 112 valence electrons. The van der Waals surface area contributed by atoms with E-state index in [0.29, 0.717) is 5.54 Å². The normalized spacial score (nSPS) is 22.8. The number of aliphatic imine (C=N–C) groups is 1. The van der Waals surface area contributed by atoms with E-state index in [2.05, 4.69) is 34.6 Å². The highest BCUT2D eigenvalue weighted by molar-refractivity contribution is 14.0.